The molecule has 1 aliphatic carbocycles. The summed E-state index contributed by atoms with van der Waals surface area (Å²) in [5, 5.41) is 0. The number of carbonyl (C=O) groups excluding carboxylic acids is 2. The van der Waals surface area contributed by atoms with Crippen LogP contribution < -0.4 is 0 Å². The molecule has 0 amide bonds. The van der Waals surface area contributed by atoms with Crippen molar-refractivity contribution in [2.75, 3.05) is 6.61 Å². The van der Waals surface area contributed by atoms with E-state index in [1.807, 2.05) is 20.8 Å². The van der Waals surface area contributed by atoms with Gasteiger partial charge in [-0.1, -0.05) is 19.8 Å². The lowest BCUT2D eigenvalue weighted by molar-refractivity contribution is -0.157. The minimum atomic E-state index is -0.476. The average molecular weight is 226 g/mol. The highest BCUT2D eigenvalue weighted by molar-refractivity contribution is 5.85. The quantitative estimate of drug-likeness (QED) is 0.677. The maximum absolute atomic E-state index is 11.7. The second-order valence-corrected chi connectivity index (χ2v) is 5.26. The SMILES string of the molecule is CCC(C)(C)C(=O)OCC(=O)C1CCCC1. The number of rotatable bonds is 5. The molecular weight excluding hydrogens is 204 g/mol. The van der Waals surface area contributed by atoms with Crippen molar-refractivity contribution in [1.82, 2.24) is 0 Å². The summed E-state index contributed by atoms with van der Waals surface area (Å²) in [5.41, 5.74) is -0.476. The number of carbonyl (C=O) groups is 2. The Kier molecular flexibility index (Phi) is 4.51. The Morgan fingerprint density at radius 3 is 2.31 bits per heavy atom. The first-order valence-corrected chi connectivity index (χ1v) is 6.17. The highest BCUT2D eigenvalue weighted by Gasteiger charge is 2.29. The second-order valence-electron chi connectivity index (χ2n) is 5.26. The van der Waals surface area contributed by atoms with Gasteiger partial charge in [0.25, 0.3) is 0 Å². The summed E-state index contributed by atoms with van der Waals surface area (Å²) in [6.07, 6.45) is 4.92. The maximum Gasteiger partial charge on any atom is 0.311 e. The first-order chi connectivity index (χ1) is 7.47. The van der Waals surface area contributed by atoms with Gasteiger partial charge in [0, 0.05) is 5.92 Å². The number of Topliss-reactive ketones (excluding diaryl/α,β-unsaturated/α-hetero) is 1. The Hall–Kier alpha value is -0.860. The lowest BCUT2D eigenvalue weighted by Crippen LogP contribution is -2.29. The number of esters is 1. The molecule has 92 valence electrons. The smallest absolute Gasteiger partial charge is 0.311 e. The minimum Gasteiger partial charge on any atom is -0.457 e. The fourth-order valence-electron chi connectivity index (χ4n) is 1.84. The van der Waals surface area contributed by atoms with Gasteiger partial charge in [-0.2, -0.15) is 0 Å². The minimum absolute atomic E-state index is 0.0348. The molecule has 1 fully saturated rings. The van der Waals surface area contributed by atoms with Crippen molar-refractivity contribution < 1.29 is 14.3 Å². The molecule has 0 radical (unpaired) electrons. The summed E-state index contributed by atoms with van der Waals surface area (Å²) in [4.78, 5) is 23.3. The third-order valence-corrected chi connectivity index (χ3v) is 3.59. The first-order valence-electron chi connectivity index (χ1n) is 6.17. The van der Waals surface area contributed by atoms with Gasteiger partial charge in [0.05, 0.1) is 5.41 Å². The summed E-state index contributed by atoms with van der Waals surface area (Å²) < 4.78 is 5.08. The van der Waals surface area contributed by atoms with Gasteiger partial charge >= 0.3 is 5.97 Å². The van der Waals surface area contributed by atoms with E-state index in [1.165, 1.54) is 0 Å². The molecule has 3 heteroatoms. The van der Waals surface area contributed by atoms with Crippen LogP contribution in [0.5, 0.6) is 0 Å². The molecule has 0 spiro atoms. The van der Waals surface area contributed by atoms with Gasteiger partial charge in [0.15, 0.2) is 5.78 Å². The van der Waals surface area contributed by atoms with E-state index in [1.54, 1.807) is 0 Å². The molecule has 0 bridgehead atoms. The maximum atomic E-state index is 11.7. The van der Waals surface area contributed by atoms with E-state index >= 15 is 0 Å². The predicted octanol–water partition coefficient (Wildman–Crippen LogP) is 2.73. The number of hydrogen-bond donors (Lipinski definition) is 0. The van der Waals surface area contributed by atoms with Crippen LogP contribution in [0.1, 0.15) is 52.9 Å². The fraction of sp³-hybridized carbons (Fsp3) is 0.846. The highest BCUT2D eigenvalue weighted by Crippen LogP contribution is 2.26. The molecular formula is C13H22O3. The van der Waals surface area contributed by atoms with Crippen molar-refractivity contribution in [3.8, 4) is 0 Å². The molecule has 1 saturated carbocycles. The van der Waals surface area contributed by atoms with Crippen LogP contribution >= 0.6 is 0 Å². The Morgan fingerprint density at radius 2 is 1.81 bits per heavy atom. The molecule has 0 N–H and O–H groups in total. The van der Waals surface area contributed by atoms with Gasteiger partial charge < -0.3 is 4.74 Å². The van der Waals surface area contributed by atoms with Crippen LogP contribution in [0.25, 0.3) is 0 Å². The predicted molar refractivity (Wildman–Crippen MR) is 62.0 cm³/mol. The Balaban J connectivity index is 2.34. The Morgan fingerprint density at radius 1 is 1.25 bits per heavy atom. The summed E-state index contributed by atoms with van der Waals surface area (Å²) in [5.74, 6) is -0.0309. The molecule has 0 aromatic carbocycles. The third kappa shape index (κ3) is 3.32. The Bertz CT molecular complexity index is 262. The van der Waals surface area contributed by atoms with Crippen LogP contribution in [-0.4, -0.2) is 18.4 Å². The van der Waals surface area contributed by atoms with Crippen molar-refractivity contribution in [2.45, 2.75) is 52.9 Å². The van der Waals surface area contributed by atoms with Crippen LogP contribution in [0, 0.1) is 11.3 Å². The van der Waals surface area contributed by atoms with Gasteiger partial charge in [-0.3, -0.25) is 9.59 Å². The van der Waals surface area contributed by atoms with Crippen molar-refractivity contribution >= 4 is 11.8 Å². The normalized spacial score (nSPS) is 17.4. The molecule has 16 heavy (non-hydrogen) atoms. The molecule has 0 aromatic heterocycles. The molecule has 3 nitrogen and oxygen atoms in total. The van der Waals surface area contributed by atoms with E-state index in [9.17, 15) is 9.59 Å². The van der Waals surface area contributed by atoms with Crippen molar-refractivity contribution in [1.29, 1.82) is 0 Å². The summed E-state index contributed by atoms with van der Waals surface area (Å²) in [6.45, 7) is 5.59. The van der Waals surface area contributed by atoms with E-state index < -0.39 is 5.41 Å². The van der Waals surface area contributed by atoms with E-state index in [0.717, 1.165) is 32.1 Å². The third-order valence-electron chi connectivity index (χ3n) is 3.59. The van der Waals surface area contributed by atoms with Crippen LogP contribution in [0.15, 0.2) is 0 Å². The van der Waals surface area contributed by atoms with Crippen molar-refractivity contribution in [3.05, 3.63) is 0 Å². The fourth-order valence-corrected chi connectivity index (χ4v) is 1.84. The molecule has 1 rings (SSSR count). The molecule has 1 aliphatic rings. The molecule has 0 heterocycles. The second kappa shape index (κ2) is 5.46. The van der Waals surface area contributed by atoms with E-state index in [4.69, 9.17) is 4.74 Å². The molecule has 0 aromatic rings. The van der Waals surface area contributed by atoms with Crippen molar-refractivity contribution in [2.24, 2.45) is 11.3 Å². The number of ether oxygens (including phenoxy) is 1. The largest absolute Gasteiger partial charge is 0.457 e. The molecule has 0 unspecified atom stereocenters. The topological polar surface area (TPSA) is 43.4 Å². The average Bonchev–Trinajstić information content (AvgIpc) is 2.78. The van der Waals surface area contributed by atoms with Crippen LogP contribution in [0.4, 0.5) is 0 Å². The standard InChI is InChI=1S/C13H22O3/c1-4-13(2,3)12(15)16-9-11(14)10-7-5-6-8-10/h10H,4-9H2,1-3H3. The van der Waals surface area contributed by atoms with Crippen LogP contribution in [0.3, 0.4) is 0 Å². The molecule has 0 atom stereocenters. The van der Waals surface area contributed by atoms with Gasteiger partial charge in [-0.25, -0.2) is 0 Å². The van der Waals surface area contributed by atoms with E-state index in [-0.39, 0.29) is 24.3 Å². The van der Waals surface area contributed by atoms with E-state index in [2.05, 4.69) is 0 Å². The van der Waals surface area contributed by atoms with Gasteiger partial charge in [-0.15, -0.1) is 0 Å². The van der Waals surface area contributed by atoms with Crippen LogP contribution in [0.2, 0.25) is 0 Å². The Labute approximate surface area is 97.5 Å². The monoisotopic (exact) mass is 226 g/mol. The van der Waals surface area contributed by atoms with E-state index in [0.29, 0.717) is 0 Å². The number of ketones is 1. The zero-order valence-corrected chi connectivity index (χ0v) is 10.5. The first kappa shape index (κ1) is 13.2. The van der Waals surface area contributed by atoms with Gasteiger partial charge in [0.1, 0.15) is 6.61 Å². The lowest BCUT2D eigenvalue weighted by Gasteiger charge is -2.20. The van der Waals surface area contributed by atoms with Gasteiger partial charge in [0.2, 0.25) is 0 Å². The summed E-state index contributed by atoms with van der Waals surface area (Å²) in [6, 6.07) is 0. The lowest BCUT2D eigenvalue weighted by atomic mass is 9.91. The van der Waals surface area contributed by atoms with Gasteiger partial charge in [-0.05, 0) is 33.1 Å². The summed E-state index contributed by atoms with van der Waals surface area (Å²) in [7, 11) is 0. The number of hydrogen-bond acceptors (Lipinski definition) is 3. The highest BCUT2D eigenvalue weighted by atomic mass is 16.5. The molecule has 0 aliphatic heterocycles. The van der Waals surface area contributed by atoms with Crippen LogP contribution in [-0.2, 0) is 14.3 Å². The zero-order valence-electron chi connectivity index (χ0n) is 10.5. The summed E-state index contributed by atoms with van der Waals surface area (Å²) >= 11 is 0. The van der Waals surface area contributed by atoms with Crippen molar-refractivity contribution in [3.63, 3.8) is 0 Å². The molecule has 0 saturated heterocycles. The zero-order chi connectivity index (χ0) is 12.2.